The number of aliphatic hydroxyl groups excluding tert-OH is 1. The Hall–Kier alpha value is -2.78. The lowest BCUT2D eigenvalue weighted by molar-refractivity contribution is -0.163. The van der Waals surface area contributed by atoms with Crippen LogP contribution in [0.1, 0.15) is 5.69 Å². The smallest absolute Gasteiger partial charge is 0.335 e. The van der Waals surface area contributed by atoms with Gasteiger partial charge in [0.1, 0.15) is 0 Å². The predicted octanol–water partition coefficient (Wildman–Crippen LogP) is -0.247. The Morgan fingerprint density at radius 1 is 1.42 bits per heavy atom. The maximum Gasteiger partial charge on any atom is 0.335 e. The molecule has 0 saturated carbocycles. The van der Waals surface area contributed by atoms with Crippen molar-refractivity contribution in [3.63, 3.8) is 0 Å². The van der Waals surface area contributed by atoms with Crippen molar-refractivity contribution in [1.82, 2.24) is 14.8 Å². The van der Waals surface area contributed by atoms with Crippen molar-refractivity contribution in [3.05, 3.63) is 36.3 Å². The molecule has 126 valence electrons. The van der Waals surface area contributed by atoms with E-state index >= 15 is 0 Å². The third-order valence-corrected chi connectivity index (χ3v) is 3.72. The minimum atomic E-state index is -1.91. The number of amides is 1. The summed E-state index contributed by atoms with van der Waals surface area (Å²) < 4.78 is 6.78. The fraction of sp³-hybridized carbons (Fsp3) is 0.333. The summed E-state index contributed by atoms with van der Waals surface area (Å²) in [5.74, 6) is -1.76. The van der Waals surface area contributed by atoms with Crippen molar-refractivity contribution in [2.75, 3.05) is 18.1 Å². The summed E-state index contributed by atoms with van der Waals surface area (Å²) in [6.45, 7) is 2.18. The number of aryl methyl sites for hydroxylation is 1. The van der Waals surface area contributed by atoms with E-state index in [2.05, 4.69) is 10.1 Å². The Morgan fingerprint density at radius 2 is 2.12 bits per heavy atom. The average Bonchev–Trinajstić information content (AvgIpc) is 2.96. The van der Waals surface area contributed by atoms with Crippen LogP contribution in [0.25, 0.3) is 5.69 Å². The molecule has 0 aromatic carbocycles. The lowest BCUT2D eigenvalue weighted by atomic mass is 10.1. The molecular weight excluding hydrogens is 316 g/mol. The number of rotatable bonds is 4. The monoisotopic (exact) mass is 332 g/mol. The summed E-state index contributed by atoms with van der Waals surface area (Å²) >= 11 is 0. The number of carbonyl (C=O) groups is 2. The molecule has 2 atom stereocenters. The molecule has 0 aliphatic carbocycles. The van der Waals surface area contributed by atoms with Gasteiger partial charge in [-0.25, -0.2) is 9.48 Å². The molecule has 9 nitrogen and oxygen atoms in total. The molecule has 24 heavy (non-hydrogen) atoms. The van der Waals surface area contributed by atoms with E-state index in [1.54, 1.807) is 35.3 Å². The fourth-order valence-corrected chi connectivity index (χ4v) is 2.53. The quantitative estimate of drug-likeness (QED) is 0.793. The van der Waals surface area contributed by atoms with Crippen LogP contribution in [0.3, 0.4) is 0 Å². The van der Waals surface area contributed by atoms with E-state index in [4.69, 9.17) is 9.84 Å². The third-order valence-electron chi connectivity index (χ3n) is 3.72. The SMILES string of the molecule is Cc1cc(N2CCOC(C(O)C(=O)O)C2=O)nn1-c1ccncc1. The van der Waals surface area contributed by atoms with Gasteiger partial charge >= 0.3 is 5.97 Å². The summed E-state index contributed by atoms with van der Waals surface area (Å²) in [6.07, 6.45) is -0.0869. The van der Waals surface area contributed by atoms with Crippen LogP contribution in [-0.2, 0) is 14.3 Å². The Bertz CT molecular complexity index is 760. The minimum absolute atomic E-state index is 0.113. The molecule has 9 heteroatoms. The first-order valence-corrected chi connectivity index (χ1v) is 7.30. The normalized spacial score (nSPS) is 19.3. The van der Waals surface area contributed by atoms with E-state index in [-0.39, 0.29) is 13.2 Å². The summed E-state index contributed by atoms with van der Waals surface area (Å²) in [5.41, 5.74) is 1.59. The number of carbonyl (C=O) groups excluding carboxylic acids is 1. The van der Waals surface area contributed by atoms with Crippen molar-refractivity contribution in [2.24, 2.45) is 0 Å². The van der Waals surface area contributed by atoms with Crippen LogP contribution >= 0.6 is 0 Å². The van der Waals surface area contributed by atoms with Crippen LogP contribution in [-0.4, -0.2) is 62.2 Å². The topological polar surface area (TPSA) is 118 Å². The fourth-order valence-electron chi connectivity index (χ4n) is 2.53. The first-order valence-electron chi connectivity index (χ1n) is 7.30. The largest absolute Gasteiger partial charge is 0.479 e. The van der Waals surface area contributed by atoms with Gasteiger partial charge < -0.3 is 14.9 Å². The van der Waals surface area contributed by atoms with Crippen molar-refractivity contribution in [2.45, 2.75) is 19.1 Å². The van der Waals surface area contributed by atoms with Gasteiger partial charge in [-0.15, -0.1) is 5.10 Å². The number of hydrogen-bond acceptors (Lipinski definition) is 6. The highest BCUT2D eigenvalue weighted by molar-refractivity contribution is 5.99. The lowest BCUT2D eigenvalue weighted by Gasteiger charge is -2.31. The number of pyridine rings is 1. The van der Waals surface area contributed by atoms with Crippen molar-refractivity contribution in [3.8, 4) is 5.69 Å². The second-order valence-electron chi connectivity index (χ2n) is 5.33. The zero-order valence-corrected chi connectivity index (χ0v) is 12.9. The van der Waals surface area contributed by atoms with Crippen LogP contribution in [0.15, 0.2) is 30.6 Å². The second kappa shape index (κ2) is 6.38. The third kappa shape index (κ3) is 2.86. The van der Waals surface area contributed by atoms with Crippen molar-refractivity contribution < 1.29 is 24.5 Å². The van der Waals surface area contributed by atoms with Crippen LogP contribution in [0, 0.1) is 6.92 Å². The molecule has 1 aliphatic heterocycles. The van der Waals surface area contributed by atoms with E-state index in [0.717, 1.165) is 11.4 Å². The molecule has 2 N–H and O–H groups in total. The molecule has 0 bridgehead atoms. The number of morpholine rings is 1. The molecule has 1 amide bonds. The first kappa shape index (κ1) is 16.1. The van der Waals surface area contributed by atoms with Crippen LogP contribution in [0.2, 0.25) is 0 Å². The van der Waals surface area contributed by atoms with Crippen molar-refractivity contribution in [1.29, 1.82) is 0 Å². The molecular formula is C15H16N4O5. The number of aliphatic hydroxyl groups is 1. The Balaban J connectivity index is 1.89. The summed E-state index contributed by atoms with van der Waals surface area (Å²) in [5, 5.41) is 22.9. The van der Waals surface area contributed by atoms with Gasteiger partial charge in [0.05, 0.1) is 18.8 Å². The molecule has 3 heterocycles. The van der Waals surface area contributed by atoms with Gasteiger partial charge in [-0.3, -0.25) is 14.7 Å². The maximum absolute atomic E-state index is 12.4. The summed E-state index contributed by atoms with van der Waals surface area (Å²) in [6, 6.07) is 5.28. The van der Waals surface area contributed by atoms with E-state index in [1.165, 1.54) is 4.90 Å². The molecule has 3 rings (SSSR count). The second-order valence-corrected chi connectivity index (χ2v) is 5.33. The first-order chi connectivity index (χ1) is 11.5. The highest BCUT2D eigenvalue weighted by atomic mass is 16.5. The van der Waals surface area contributed by atoms with Crippen LogP contribution < -0.4 is 4.90 Å². The Morgan fingerprint density at radius 3 is 2.79 bits per heavy atom. The van der Waals surface area contributed by atoms with Crippen LogP contribution in [0.5, 0.6) is 0 Å². The molecule has 0 radical (unpaired) electrons. The number of ether oxygens (including phenoxy) is 1. The molecule has 2 aromatic heterocycles. The summed E-state index contributed by atoms with van der Waals surface area (Å²) in [4.78, 5) is 28.6. The highest BCUT2D eigenvalue weighted by Gasteiger charge is 2.40. The van der Waals surface area contributed by atoms with E-state index < -0.39 is 24.1 Å². The van der Waals surface area contributed by atoms with Gasteiger partial charge in [0.25, 0.3) is 5.91 Å². The molecule has 2 unspecified atom stereocenters. The Labute approximate surface area is 137 Å². The number of aromatic nitrogens is 3. The average molecular weight is 332 g/mol. The number of carboxylic acid groups (broad SMARTS) is 1. The molecule has 2 aromatic rings. The highest BCUT2D eigenvalue weighted by Crippen LogP contribution is 2.22. The van der Waals surface area contributed by atoms with Gasteiger partial charge in [0.2, 0.25) is 0 Å². The molecule has 1 aliphatic rings. The molecule has 1 fully saturated rings. The number of hydrogen-bond donors (Lipinski definition) is 2. The maximum atomic E-state index is 12.4. The lowest BCUT2D eigenvalue weighted by Crippen LogP contribution is -2.54. The number of aliphatic carboxylic acids is 1. The number of carboxylic acids is 1. The minimum Gasteiger partial charge on any atom is -0.479 e. The van der Waals surface area contributed by atoms with E-state index in [0.29, 0.717) is 5.82 Å². The molecule has 1 saturated heterocycles. The van der Waals surface area contributed by atoms with Crippen molar-refractivity contribution >= 4 is 17.7 Å². The van der Waals surface area contributed by atoms with Gasteiger partial charge in [-0.2, -0.15) is 0 Å². The summed E-state index contributed by atoms with van der Waals surface area (Å²) in [7, 11) is 0. The Kier molecular flexibility index (Phi) is 4.28. The zero-order chi connectivity index (χ0) is 17.3. The van der Waals surface area contributed by atoms with Gasteiger partial charge in [0, 0.05) is 24.2 Å². The van der Waals surface area contributed by atoms with Gasteiger partial charge in [-0.1, -0.05) is 0 Å². The van der Waals surface area contributed by atoms with E-state index in [9.17, 15) is 14.7 Å². The van der Waals surface area contributed by atoms with E-state index in [1.807, 2.05) is 6.92 Å². The van der Waals surface area contributed by atoms with Crippen LogP contribution in [0.4, 0.5) is 5.82 Å². The number of anilines is 1. The predicted molar refractivity (Wildman–Crippen MR) is 81.8 cm³/mol. The van der Waals surface area contributed by atoms with Gasteiger partial charge in [0.15, 0.2) is 18.0 Å². The zero-order valence-electron chi connectivity index (χ0n) is 12.9. The number of nitrogens with zero attached hydrogens (tertiary/aromatic N) is 4. The molecule has 0 spiro atoms. The standard InChI is InChI=1S/C15H16N4O5/c1-9-8-11(17-19(9)10-2-4-16-5-3-10)18-6-7-24-13(14(18)21)12(20)15(22)23/h2-5,8,12-13,20H,6-7H2,1H3,(H,22,23). The van der Waals surface area contributed by atoms with Gasteiger partial charge in [-0.05, 0) is 19.1 Å².